The minimum Gasteiger partial charge on any atom is -0.318 e. The van der Waals surface area contributed by atoms with Crippen LogP contribution in [0.25, 0.3) is 21.9 Å². The Morgan fingerprint density at radius 3 is 2.65 bits per heavy atom. The Morgan fingerprint density at radius 2 is 1.96 bits per heavy atom. The van der Waals surface area contributed by atoms with Crippen LogP contribution in [-0.2, 0) is 4.79 Å². The molecule has 0 aliphatic rings. The van der Waals surface area contributed by atoms with Gasteiger partial charge < -0.3 is 5.32 Å². The third-order valence-electron chi connectivity index (χ3n) is 3.36. The lowest BCUT2D eigenvalue weighted by Crippen LogP contribution is -2.29. The van der Waals surface area contributed by atoms with Crippen LogP contribution in [0.5, 0.6) is 0 Å². The molecule has 4 nitrogen and oxygen atoms in total. The fourth-order valence-corrected chi connectivity index (χ4v) is 3.14. The zero-order valence-corrected chi connectivity index (χ0v) is 13.9. The Bertz CT molecular complexity index is 1010. The molecule has 8 heteroatoms. The van der Waals surface area contributed by atoms with Gasteiger partial charge >= 0.3 is 12.1 Å². The summed E-state index contributed by atoms with van der Waals surface area (Å²) in [4.78, 5) is 15.4. The highest BCUT2D eigenvalue weighted by molar-refractivity contribution is 7.19. The molecular weight excluding hydrogens is 363 g/mol. The third kappa shape index (κ3) is 3.90. The van der Waals surface area contributed by atoms with Crippen molar-refractivity contribution in [3.05, 3.63) is 59.1 Å². The van der Waals surface area contributed by atoms with Crippen molar-refractivity contribution < 1.29 is 18.0 Å². The predicted molar refractivity (Wildman–Crippen MR) is 94.2 cm³/mol. The van der Waals surface area contributed by atoms with Crippen LogP contribution in [0.4, 0.5) is 18.9 Å². The number of carbonyl (C=O) groups is 1. The number of allylic oxidation sites excluding steroid dienone is 1. The van der Waals surface area contributed by atoms with Crippen molar-refractivity contribution >= 4 is 44.8 Å². The SMILES string of the molecule is N#C/C(=C\c1cccc(NC(=O)C(F)(F)F)c1)c1nc2ccccc2s1. The van der Waals surface area contributed by atoms with E-state index in [2.05, 4.69) is 11.1 Å². The lowest BCUT2D eigenvalue weighted by atomic mass is 10.1. The van der Waals surface area contributed by atoms with Crippen molar-refractivity contribution in [1.82, 2.24) is 4.98 Å². The normalized spacial score (nSPS) is 12.0. The van der Waals surface area contributed by atoms with Gasteiger partial charge in [-0.05, 0) is 35.9 Å². The summed E-state index contributed by atoms with van der Waals surface area (Å²) in [5, 5.41) is 11.7. The molecule has 0 saturated carbocycles. The molecule has 26 heavy (non-hydrogen) atoms. The van der Waals surface area contributed by atoms with Crippen molar-refractivity contribution in [1.29, 1.82) is 5.26 Å². The molecule has 0 fully saturated rings. The van der Waals surface area contributed by atoms with E-state index in [1.54, 1.807) is 11.4 Å². The second kappa shape index (κ2) is 6.98. The van der Waals surface area contributed by atoms with Crippen LogP contribution in [0.2, 0.25) is 0 Å². The first-order valence-corrected chi connectivity index (χ1v) is 8.14. The first-order chi connectivity index (χ1) is 12.4. The average molecular weight is 373 g/mol. The molecule has 0 saturated heterocycles. The van der Waals surface area contributed by atoms with Gasteiger partial charge in [0.15, 0.2) is 0 Å². The minimum atomic E-state index is -4.97. The molecule has 0 unspecified atom stereocenters. The molecule has 1 aromatic heterocycles. The first-order valence-electron chi connectivity index (χ1n) is 7.33. The summed E-state index contributed by atoms with van der Waals surface area (Å²) in [6.45, 7) is 0. The number of alkyl halides is 3. The van der Waals surface area contributed by atoms with Gasteiger partial charge in [0, 0.05) is 5.69 Å². The van der Waals surface area contributed by atoms with Crippen LogP contribution < -0.4 is 5.32 Å². The maximum absolute atomic E-state index is 12.3. The molecule has 3 aromatic rings. The predicted octanol–water partition coefficient (Wildman–Crippen LogP) is 4.86. The summed E-state index contributed by atoms with van der Waals surface area (Å²) in [6, 6.07) is 15.3. The van der Waals surface area contributed by atoms with E-state index in [1.807, 2.05) is 24.3 Å². The quantitative estimate of drug-likeness (QED) is 0.667. The maximum Gasteiger partial charge on any atom is 0.471 e. The zero-order chi connectivity index (χ0) is 18.7. The van der Waals surface area contributed by atoms with E-state index >= 15 is 0 Å². The van der Waals surface area contributed by atoms with Gasteiger partial charge in [0.25, 0.3) is 0 Å². The van der Waals surface area contributed by atoms with E-state index in [0.717, 1.165) is 10.2 Å². The largest absolute Gasteiger partial charge is 0.471 e. The van der Waals surface area contributed by atoms with Crippen LogP contribution in [0, 0.1) is 11.3 Å². The van der Waals surface area contributed by atoms with E-state index in [0.29, 0.717) is 10.6 Å². The summed E-state index contributed by atoms with van der Waals surface area (Å²) in [5.74, 6) is -2.05. The Kier molecular flexibility index (Phi) is 4.73. The highest BCUT2D eigenvalue weighted by Gasteiger charge is 2.38. The Balaban J connectivity index is 1.91. The third-order valence-corrected chi connectivity index (χ3v) is 4.43. The van der Waals surface area contributed by atoms with E-state index in [9.17, 15) is 23.2 Å². The van der Waals surface area contributed by atoms with Crippen LogP contribution in [0.15, 0.2) is 48.5 Å². The molecule has 1 amide bonds. The van der Waals surface area contributed by atoms with Gasteiger partial charge in [0.1, 0.15) is 11.1 Å². The number of nitrogens with zero attached hydrogens (tertiary/aromatic N) is 2. The molecule has 0 bridgehead atoms. The summed E-state index contributed by atoms with van der Waals surface area (Å²) in [7, 11) is 0. The van der Waals surface area contributed by atoms with Crippen molar-refractivity contribution in [2.24, 2.45) is 0 Å². The fourth-order valence-electron chi connectivity index (χ4n) is 2.20. The van der Waals surface area contributed by atoms with E-state index < -0.39 is 12.1 Å². The Morgan fingerprint density at radius 1 is 1.19 bits per heavy atom. The van der Waals surface area contributed by atoms with E-state index in [-0.39, 0.29) is 11.3 Å². The number of hydrogen-bond donors (Lipinski definition) is 1. The molecule has 1 heterocycles. The highest BCUT2D eigenvalue weighted by Crippen LogP contribution is 2.28. The topological polar surface area (TPSA) is 65.8 Å². The number of rotatable bonds is 3. The molecule has 0 aliphatic heterocycles. The number of carbonyl (C=O) groups excluding carboxylic acids is 1. The van der Waals surface area contributed by atoms with Crippen LogP contribution in [0.3, 0.4) is 0 Å². The standard InChI is InChI=1S/C18H10F3N3OS/c19-18(20,21)17(25)23-13-5-3-4-11(9-13)8-12(10-22)16-24-14-6-1-2-7-15(14)26-16/h1-9H,(H,23,25)/b12-8+. The number of hydrogen-bond acceptors (Lipinski definition) is 4. The number of aromatic nitrogens is 1. The van der Waals surface area contributed by atoms with Gasteiger partial charge in [-0.3, -0.25) is 4.79 Å². The molecule has 0 atom stereocenters. The van der Waals surface area contributed by atoms with Gasteiger partial charge in [0.05, 0.1) is 15.8 Å². The number of nitriles is 1. The lowest BCUT2D eigenvalue weighted by Gasteiger charge is -2.08. The van der Waals surface area contributed by atoms with Crippen molar-refractivity contribution in [3.8, 4) is 6.07 Å². The fraction of sp³-hybridized carbons (Fsp3) is 0.0556. The van der Waals surface area contributed by atoms with Crippen LogP contribution >= 0.6 is 11.3 Å². The number of anilines is 1. The molecule has 0 spiro atoms. The van der Waals surface area contributed by atoms with Crippen molar-refractivity contribution in [2.45, 2.75) is 6.18 Å². The number of benzene rings is 2. The number of para-hydroxylation sites is 1. The molecule has 3 rings (SSSR count). The smallest absolute Gasteiger partial charge is 0.318 e. The number of halogens is 3. The number of amides is 1. The second-order valence-corrected chi connectivity index (χ2v) is 6.26. The Labute approximate surface area is 150 Å². The Hall–Kier alpha value is -3.18. The lowest BCUT2D eigenvalue weighted by molar-refractivity contribution is -0.167. The zero-order valence-electron chi connectivity index (χ0n) is 13.0. The van der Waals surface area contributed by atoms with Gasteiger partial charge in [-0.25, -0.2) is 4.98 Å². The molecule has 130 valence electrons. The van der Waals surface area contributed by atoms with Crippen molar-refractivity contribution in [2.75, 3.05) is 5.32 Å². The van der Waals surface area contributed by atoms with Gasteiger partial charge in [0.2, 0.25) is 0 Å². The van der Waals surface area contributed by atoms with Gasteiger partial charge in [-0.15, -0.1) is 11.3 Å². The monoisotopic (exact) mass is 373 g/mol. The highest BCUT2D eigenvalue weighted by atomic mass is 32.1. The van der Waals surface area contributed by atoms with Crippen LogP contribution in [0.1, 0.15) is 10.6 Å². The summed E-state index contributed by atoms with van der Waals surface area (Å²) in [6.07, 6.45) is -3.45. The molecule has 0 aliphatic carbocycles. The van der Waals surface area contributed by atoms with E-state index in [1.165, 1.54) is 35.6 Å². The van der Waals surface area contributed by atoms with Gasteiger partial charge in [-0.2, -0.15) is 18.4 Å². The number of thiazole rings is 1. The maximum atomic E-state index is 12.3. The van der Waals surface area contributed by atoms with Crippen molar-refractivity contribution in [3.63, 3.8) is 0 Å². The first kappa shape index (κ1) is 17.6. The molecule has 0 radical (unpaired) electrons. The number of fused-ring (bicyclic) bond motifs is 1. The van der Waals surface area contributed by atoms with Gasteiger partial charge in [-0.1, -0.05) is 24.3 Å². The number of nitrogens with one attached hydrogen (secondary N) is 1. The summed E-state index contributed by atoms with van der Waals surface area (Å²) >= 11 is 1.35. The molecule has 2 aromatic carbocycles. The second-order valence-electron chi connectivity index (χ2n) is 5.23. The average Bonchev–Trinajstić information content (AvgIpc) is 3.03. The minimum absolute atomic E-state index is 0.0114. The van der Waals surface area contributed by atoms with Crippen LogP contribution in [-0.4, -0.2) is 17.1 Å². The van der Waals surface area contributed by atoms with E-state index in [4.69, 9.17) is 0 Å². The summed E-state index contributed by atoms with van der Waals surface area (Å²) < 4.78 is 38.0. The summed E-state index contributed by atoms with van der Waals surface area (Å²) in [5.41, 5.74) is 1.51. The molecular formula is C18H10F3N3OS. The molecule has 1 N–H and O–H groups in total.